The molecule has 0 radical (unpaired) electrons. The molecule has 5 heteroatoms. The number of para-hydroxylation sites is 2. The van der Waals surface area contributed by atoms with Crippen molar-refractivity contribution in [2.75, 3.05) is 7.05 Å². The van der Waals surface area contributed by atoms with Gasteiger partial charge in [-0.25, -0.2) is 4.98 Å². The minimum absolute atomic E-state index is 0.0381. The summed E-state index contributed by atoms with van der Waals surface area (Å²) in [6.45, 7) is 0.461. The molecule has 0 aliphatic heterocycles. The number of amides is 1. The summed E-state index contributed by atoms with van der Waals surface area (Å²) < 4.78 is 0. The Hall–Kier alpha value is -2.40. The first-order chi connectivity index (χ1) is 10.2. The van der Waals surface area contributed by atoms with E-state index in [0.717, 1.165) is 21.7 Å². The lowest BCUT2D eigenvalue weighted by atomic mass is 10.3. The highest BCUT2D eigenvalue weighted by molar-refractivity contribution is 7.10. The average molecular weight is 297 g/mol. The molecule has 3 rings (SSSR count). The van der Waals surface area contributed by atoms with Gasteiger partial charge in [0.05, 0.1) is 17.6 Å². The second-order valence-corrected chi connectivity index (χ2v) is 5.72. The summed E-state index contributed by atoms with van der Waals surface area (Å²) in [4.78, 5) is 22.5. The first kappa shape index (κ1) is 13.6. The average Bonchev–Trinajstić information content (AvgIpc) is 3.13. The lowest BCUT2D eigenvalue weighted by molar-refractivity contribution is -0.125. The quantitative estimate of drug-likeness (QED) is 0.751. The number of hydrogen-bond acceptors (Lipinski definition) is 3. The number of carbonyl (C=O) groups is 1. The SMILES string of the molecule is CN(Cc1nc2ccccc2[nH]1)C(=O)/C=C/c1cccs1. The topological polar surface area (TPSA) is 49.0 Å². The number of H-pyrrole nitrogens is 1. The van der Waals surface area contributed by atoms with E-state index in [9.17, 15) is 4.79 Å². The zero-order valence-corrected chi connectivity index (χ0v) is 12.4. The lowest BCUT2D eigenvalue weighted by Crippen LogP contribution is -2.24. The van der Waals surface area contributed by atoms with Crippen molar-refractivity contribution >= 4 is 34.4 Å². The third kappa shape index (κ3) is 3.20. The molecule has 2 aromatic heterocycles. The minimum Gasteiger partial charge on any atom is -0.340 e. The Morgan fingerprint density at radius 1 is 1.33 bits per heavy atom. The third-order valence-corrected chi connectivity index (χ3v) is 3.97. The third-order valence-electron chi connectivity index (χ3n) is 3.13. The molecule has 4 nitrogen and oxygen atoms in total. The van der Waals surface area contributed by atoms with Crippen LogP contribution in [0.15, 0.2) is 47.9 Å². The molecule has 0 atom stereocenters. The van der Waals surface area contributed by atoms with Crippen LogP contribution in [-0.4, -0.2) is 27.8 Å². The molecule has 0 aliphatic carbocycles. The number of hydrogen-bond donors (Lipinski definition) is 1. The van der Waals surface area contributed by atoms with Gasteiger partial charge in [-0.2, -0.15) is 0 Å². The fourth-order valence-corrected chi connectivity index (χ4v) is 2.67. The smallest absolute Gasteiger partial charge is 0.246 e. The maximum atomic E-state index is 12.1. The van der Waals surface area contributed by atoms with Gasteiger partial charge in [0, 0.05) is 18.0 Å². The second-order valence-electron chi connectivity index (χ2n) is 4.74. The molecule has 3 aromatic rings. The van der Waals surface area contributed by atoms with E-state index in [-0.39, 0.29) is 5.91 Å². The Kier molecular flexibility index (Phi) is 3.83. The van der Waals surface area contributed by atoms with Crippen molar-refractivity contribution in [1.29, 1.82) is 0 Å². The summed E-state index contributed by atoms with van der Waals surface area (Å²) in [6, 6.07) is 11.8. The predicted molar refractivity (Wildman–Crippen MR) is 85.9 cm³/mol. The second kappa shape index (κ2) is 5.93. The van der Waals surface area contributed by atoms with Gasteiger partial charge >= 0.3 is 0 Å². The Labute approximate surface area is 126 Å². The molecule has 1 aromatic carbocycles. The molecule has 1 N–H and O–H groups in total. The van der Waals surface area contributed by atoms with Gasteiger partial charge in [0.15, 0.2) is 0 Å². The van der Waals surface area contributed by atoms with Crippen LogP contribution in [0.5, 0.6) is 0 Å². The van der Waals surface area contributed by atoms with Gasteiger partial charge in [-0.3, -0.25) is 4.79 Å². The molecule has 0 saturated carbocycles. The number of thiophene rings is 1. The predicted octanol–water partition coefficient (Wildman–Crippen LogP) is 3.30. The summed E-state index contributed by atoms with van der Waals surface area (Å²) in [5.41, 5.74) is 1.91. The van der Waals surface area contributed by atoms with Crippen LogP contribution in [-0.2, 0) is 11.3 Å². The molecular formula is C16H15N3OS. The molecule has 1 amide bonds. The maximum Gasteiger partial charge on any atom is 0.246 e. The molecule has 0 fully saturated rings. The van der Waals surface area contributed by atoms with Gasteiger partial charge in [0.25, 0.3) is 0 Å². The van der Waals surface area contributed by atoms with Gasteiger partial charge < -0.3 is 9.88 Å². The van der Waals surface area contributed by atoms with E-state index in [2.05, 4.69) is 9.97 Å². The van der Waals surface area contributed by atoms with Crippen molar-refractivity contribution in [3.8, 4) is 0 Å². The van der Waals surface area contributed by atoms with E-state index in [1.54, 1.807) is 29.4 Å². The number of rotatable bonds is 4. The fourth-order valence-electron chi connectivity index (χ4n) is 2.05. The molecule has 2 heterocycles. The number of aromatic nitrogens is 2. The van der Waals surface area contributed by atoms with Crippen LogP contribution < -0.4 is 0 Å². The Morgan fingerprint density at radius 3 is 2.95 bits per heavy atom. The lowest BCUT2D eigenvalue weighted by Gasteiger charge is -2.12. The number of nitrogens with one attached hydrogen (secondary N) is 1. The van der Waals surface area contributed by atoms with Crippen molar-refractivity contribution in [2.45, 2.75) is 6.54 Å². The molecule has 0 aliphatic rings. The number of benzene rings is 1. The van der Waals surface area contributed by atoms with Gasteiger partial charge in [-0.1, -0.05) is 18.2 Å². The van der Waals surface area contributed by atoms with E-state index in [4.69, 9.17) is 0 Å². The van der Waals surface area contributed by atoms with Gasteiger partial charge in [-0.05, 0) is 29.7 Å². The molecule has 21 heavy (non-hydrogen) atoms. The van der Waals surface area contributed by atoms with Crippen molar-refractivity contribution in [3.63, 3.8) is 0 Å². The van der Waals surface area contributed by atoms with Gasteiger partial charge in [0.2, 0.25) is 5.91 Å². The summed E-state index contributed by atoms with van der Waals surface area (Å²) in [5, 5.41) is 1.99. The fraction of sp³-hybridized carbons (Fsp3) is 0.125. The minimum atomic E-state index is -0.0381. The summed E-state index contributed by atoms with van der Waals surface area (Å²) in [6.07, 6.45) is 3.43. The van der Waals surface area contributed by atoms with E-state index in [0.29, 0.717) is 6.54 Å². The van der Waals surface area contributed by atoms with E-state index >= 15 is 0 Å². The van der Waals surface area contributed by atoms with Crippen LogP contribution in [0.25, 0.3) is 17.1 Å². The molecular weight excluding hydrogens is 282 g/mol. The van der Waals surface area contributed by atoms with Gasteiger partial charge in [-0.15, -0.1) is 11.3 Å². The Morgan fingerprint density at radius 2 is 2.19 bits per heavy atom. The van der Waals surface area contributed by atoms with Crippen LogP contribution in [0.2, 0.25) is 0 Å². The van der Waals surface area contributed by atoms with Gasteiger partial charge in [0.1, 0.15) is 5.82 Å². The van der Waals surface area contributed by atoms with Crippen molar-refractivity contribution in [2.24, 2.45) is 0 Å². The zero-order chi connectivity index (χ0) is 14.7. The highest BCUT2D eigenvalue weighted by Crippen LogP contribution is 2.12. The Bertz CT molecular complexity index is 741. The number of fused-ring (bicyclic) bond motifs is 1. The number of imidazole rings is 1. The van der Waals surface area contributed by atoms with E-state index in [1.807, 2.05) is 47.9 Å². The van der Waals surface area contributed by atoms with Crippen LogP contribution in [0.1, 0.15) is 10.7 Å². The normalized spacial score (nSPS) is 11.3. The highest BCUT2D eigenvalue weighted by atomic mass is 32.1. The zero-order valence-electron chi connectivity index (χ0n) is 11.6. The largest absolute Gasteiger partial charge is 0.340 e. The first-order valence-corrected chi connectivity index (χ1v) is 7.50. The van der Waals surface area contributed by atoms with Crippen molar-refractivity contribution < 1.29 is 4.79 Å². The maximum absolute atomic E-state index is 12.1. The van der Waals surface area contributed by atoms with Crippen LogP contribution in [0, 0.1) is 0 Å². The standard InChI is InChI=1S/C16H15N3OS/c1-19(16(20)9-8-12-5-4-10-21-12)11-15-17-13-6-2-3-7-14(13)18-15/h2-10H,11H2,1H3,(H,17,18)/b9-8+. The van der Waals surface area contributed by atoms with Crippen LogP contribution >= 0.6 is 11.3 Å². The Balaban J connectivity index is 1.67. The first-order valence-electron chi connectivity index (χ1n) is 6.63. The summed E-state index contributed by atoms with van der Waals surface area (Å²) >= 11 is 1.61. The van der Waals surface area contributed by atoms with Crippen LogP contribution in [0.4, 0.5) is 0 Å². The molecule has 0 unspecified atom stereocenters. The monoisotopic (exact) mass is 297 g/mol. The summed E-state index contributed by atoms with van der Waals surface area (Å²) in [5.74, 6) is 0.750. The molecule has 0 saturated heterocycles. The van der Waals surface area contributed by atoms with Crippen LogP contribution in [0.3, 0.4) is 0 Å². The van der Waals surface area contributed by atoms with Crippen molar-refractivity contribution in [3.05, 3.63) is 58.6 Å². The number of likely N-dealkylation sites (N-methyl/N-ethyl adjacent to an activating group) is 1. The molecule has 0 bridgehead atoms. The summed E-state index contributed by atoms with van der Waals surface area (Å²) in [7, 11) is 1.77. The van der Waals surface area contributed by atoms with Crippen molar-refractivity contribution in [1.82, 2.24) is 14.9 Å². The molecule has 0 spiro atoms. The number of carbonyl (C=O) groups excluding carboxylic acids is 1. The highest BCUT2D eigenvalue weighted by Gasteiger charge is 2.09. The number of nitrogens with zero attached hydrogens (tertiary/aromatic N) is 2. The molecule has 106 valence electrons. The number of aromatic amines is 1. The van der Waals surface area contributed by atoms with E-state index < -0.39 is 0 Å². The van der Waals surface area contributed by atoms with E-state index in [1.165, 1.54) is 0 Å².